The standard InChI is InChI=1S/C10H14F3N3/c1-3-4-7-16(2)9-14-6-5-8(15-9)10(11,12)13/h5-6H,3-4,7H2,1-2H3. The number of unbranched alkanes of at least 4 members (excludes halogenated alkanes) is 1. The van der Waals surface area contributed by atoms with Crippen LogP contribution in [0.1, 0.15) is 25.5 Å². The molecule has 1 rings (SSSR count). The molecule has 3 nitrogen and oxygen atoms in total. The quantitative estimate of drug-likeness (QED) is 0.800. The van der Waals surface area contributed by atoms with E-state index in [2.05, 4.69) is 9.97 Å². The van der Waals surface area contributed by atoms with Crippen LogP contribution in [0, 0.1) is 0 Å². The summed E-state index contributed by atoms with van der Waals surface area (Å²) in [6.45, 7) is 2.67. The van der Waals surface area contributed by atoms with E-state index < -0.39 is 11.9 Å². The molecule has 0 atom stereocenters. The number of rotatable bonds is 4. The molecule has 0 N–H and O–H groups in total. The van der Waals surface area contributed by atoms with Gasteiger partial charge in [-0.05, 0) is 12.5 Å². The third-order valence-corrected chi connectivity index (χ3v) is 2.12. The molecule has 6 heteroatoms. The Kier molecular flexibility index (Phi) is 4.09. The van der Waals surface area contributed by atoms with Crippen LogP contribution in [0.25, 0.3) is 0 Å². The number of anilines is 1. The Morgan fingerprint density at radius 3 is 2.62 bits per heavy atom. The molecular weight excluding hydrogens is 219 g/mol. The summed E-state index contributed by atoms with van der Waals surface area (Å²) in [5.41, 5.74) is -0.902. The van der Waals surface area contributed by atoms with Crippen LogP contribution >= 0.6 is 0 Å². The molecule has 0 unspecified atom stereocenters. The van der Waals surface area contributed by atoms with Crippen molar-refractivity contribution in [3.05, 3.63) is 18.0 Å². The molecular formula is C10H14F3N3. The second-order valence-electron chi connectivity index (χ2n) is 3.51. The van der Waals surface area contributed by atoms with Gasteiger partial charge in [-0.3, -0.25) is 0 Å². The molecule has 0 bridgehead atoms. The number of hydrogen-bond acceptors (Lipinski definition) is 3. The van der Waals surface area contributed by atoms with Crippen LogP contribution in [0.5, 0.6) is 0 Å². The van der Waals surface area contributed by atoms with Gasteiger partial charge in [-0.25, -0.2) is 9.97 Å². The molecule has 0 aliphatic heterocycles. The summed E-state index contributed by atoms with van der Waals surface area (Å²) in [6.07, 6.45) is -1.41. The van der Waals surface area contributed by atoms with E-state index >= 15 is 0 Å². The van der Waals surface area contributed by atoms with Crippen molar-refractivity contribution in [1.82, 2.24) is 9.97 Å². The monoisotopic (exact) mass is 233 g/mol. The molecule has 0 saturated carbocycles. The molecule has 90 valence electrons. The highest BCUT2D eigenvalue weighted by Crippen LogP contribution is 2.27. The Morgan fingerprint density at radius 2 is 2.06 bits per heavy atom. The van der Waals surface area contributed by atoms with Crippen molar-refractivity contribution in [2.24, 2.45) is 0 Å². The van der Waals surface area contributed by atoms with Crippen LogP contribution in [-0.2, 0) is 6.18 Å². The summed E-state index contributed by atoms with van der Waals surface area (Å²) in [7, 11) is 1.69. The molecule has 0 aliphatic carbocycles. The van der Waals surface area contributed by atoms with E-state index in [9.17, 15) is 13.2 Å². The number of halogens is 3. The first-order chi connectivity index (χ1) is 7.45. The van der Waals surface area contributed by atoms with Crippen molar-refractivity contribution in [3.63, 3.8) is 0 Å². The highest BCUT2D eigenvalue weighted by molar-refractivity contribution is 5.29. The Bertz CT molecular complexity index is 338. The highest BCUT2D eigenvalue weighted by atomic mass is 19.4. The van der Waals surface area contributed by atoms with Crippen molar-refractivity contribution in [1.29, 1.82) is 0 Å². The van der Waals surface area contributed by atoms with Crippen molar-refractivity contribution in [2.45, 2.75) is 25.9 Å². The SMILES string of the molecule is CCCCN(C)c1nccc(C(F)(F)F)n1. The third kappa shape index (κ3) is 3.36. The maximum absolute atomic E-state index is 12.4. The molecule has 0 amide bonds. The number of aromatic nitrogens is 2. The first-order valence-corrected chi connectivity index (χ1v) is 5.06. The minimum absolute atomic E-state index is 0.114. The van der Waals surface area contributed by atoms with E-state index in [1.165, 1.54) is 0 Å². The molecule has 0 spiro atoms. The summed E-state index contributed by atoms with van der Waals surface area (Å²) in [6, 6.07) is 0.872. The molecule has 0 aromatic carbocycles. The number of nitrogens with zero attached hydrogens (tertiary/aromatic N) is 3. The van der Waals surface area contributed by atoms with Crippen molar-refractivity contribution < 1.29 is 13.2 Å². The van der Waals surface area contributed by atoms with Crippen molar-refractivity contribution in [3.8, 4) is 0 Å². The van der Waals surface area contributed by atoms with Gasteiger partial charge in [0.05, 0.1) is 0 Å². The summed E-state index contributed by atoms with van der Waals surface area (Å²) < 4.78 is 37.1. The van der Waals surface area contributed by atoms with Gasteiger partial charge >= 0.3 is 6.18 Å². The fourth-order valence-electron chi connectivity index (χ4n) is 1.19. The van der Waals surface area contributed by atoms with Gasteiger partial charge in [0.1, 0.15) is 5.69 Å². The number of hydrogen-bond donors (Lipinski definition) is 0. The van der Waals surface area contributed by atoms with Gasteiger partial charge < -0.3 is 4.90 Å². The lowest BCUT2D eigenvalue weighted by atomic mass is 10.3. The van der Waals surface area contributed by atoms with Crippen LogP contribution < -0.4 is 4.90 Å². The van der Waals surface area contributed by atoms with Crippen LogP contribution in [0.3, 0.4) is 0 Å². The second kappa shape index (κ2) is 5.14. The van der Waals surface area contributed by atoms with Crippen molar-refractivity contribution >= 4 is 5.95 Å². The maximum Gasteiger partial charge on any atom is 0.433 e. The predicted octanol–water partition coefficient (Wildman–Crippen LogP) is 2.73. The normalized spacial score (nSPS) is 11.6. The van der Waals surface area contributed by atoms with Crippen LogP contribution in [0.15, 0.2) is 12.3 Å². The smallest absolute Gasteiger partial charge is 0.344 e. The molecule has 1 aromatic rings. The fourth-order valence-corrected chi connectivity index (χ4v) is 1.19. The Hall–Kier alpha value is -1.33. The summed E-state index contributed by atoms with van der Waals surface area (Å²) in [4.78, 5) is 8.93. The van der Waals surface area contributed by atoms with E-state index in [-0.39, 0.29) is 5.95 Å². The first kappa shape index (κ1) is 12.7. The molecule has 1 aromatic heterocycles. The van der Waals surface area contributed by atoms with E-state index in [4.69, 9.17) is 0 Å². The Balaban J connectivity index is 2.82. The summed E-state index contributed by atoms with van der Waals surface area (Å²) in [5, 5.41) is 0. The van der Waals surface area contributed by atoms with Gasteiger partial charge in [-0.1, -0.05) is 13.3 Å². The summed E-state index contributed by atoms with van der Waals surface area (Å²) >= 11 is 0. The first-order valence-electron chi connectivity index (χ1n) is 5.06. The lowest BCUT2D eigenvalue weighted by Gasteiger charge is -2.17. The minimum atomic E-state index is -4.41. The number of alkyl halides is 3. The lowest BCUT2D eigenvalue weighted by molar-refractivity contribution is -0.141. The topological polar surface area (TPSA) is 29.0 Å². The average molecular weight is 233 g/mol. The van der Waals surface area contributed by atoms with E-state index in [1.54, 1.807) is 11.9 Å². The van der Waals surface area contributed by atoms with Crippen LogP contribution in [-0.4, -0.2) is 23.6 Å². The highest BCUT2D eigenvalue weighted by Gasteiger charge is 2.32. The zero-order chi connectivity index (χ0) is 12.2. The van der Waals surface area contributed by atoms with E-state index in [0.29, 0.717) is 6.54 Å². The molecule has 16 heavy (non-hydrogen) atoms. The fraction of sp³-hybridized carbons (Fsp3) is 0.600. The molecule has 0 aliphatic rings. The Labute approximate surface area is 92.3 Å². The van der Waals surface area contributed by atoms with Gasteiger partial charge in [-0.2, -0.15) is 13.2 Å². The van der Waals surface area contributed by atoms with Gasteiger partial charge in [0.2, 0.25) is 5.95 Å². The van der Waals surface area contributed by atoms with Crippen LogP contribution in [0.4, 0.5) is 19.1 Å². The van der Waals surface area contributed by atoms with E-state index in [0.717, 1.165) is 25.1 Å². The lowest BCUT2D eigenvalue weighted by Crippen LogP contribution is -2.22. The van der Waals surface area contributed by atoms with Gasteiger partial charge in [0, 0.05) is 19.8 Å². The Morgan fingerprint density at radius 1 is 1.38 bits per heavy atom. The van der Waals surface area contributed by atoms with Crippen LogP contribution in [0.2, 0.25) is 0 Å². The van der Waals surface area contributed by atoms with Crippen molar-refractivity contribution in [2.75, 3.05) is 18.5 Å². The third-order valence-electron chi connectivity index (χ3n) is 2.12. The van der Waals surface area contributed by atoms with Gasteiger partial charge in [-0.15, -0.1) is 0 Å². The van der Waals surface area contributed by atoms with Gasteiger partial charge in [0.15, 0.2) is 0 Å². The molecule has 0 fully saturated rings. The average Bonchev–Trinajstić information content (AvgIpc) is 2.25. The predicted molar refractivity (Wildman–Crippen MR) is 55.2 cm³/mol. The second-order valence-corrected chi connectivity index (χ2v) is 3.51. The molecule has 1 heterocycles. The zero-order valence-corrected chi connectivity index (χ0v) is 9.25. The largest absolute Gasteiger partial charge is 0.433 e. The van der Waals surface area contributed by atoms with E-state index in [1.807, 2.05) is 6.92 Å². The van der Waals surface area contributed by atoms with Gasteiger partial charge in [0.25, 0.3) is 0 Å². The molecule has 0 radical (unpaired) electrons. The minimum Gasteiger partial charge on any atom is -0.344 e. The maximum atomic E-state index is 12.4. The zero-order valence-electron chi connectivity index (χ0n) is 9.25. The molecule has 0 saturated heterocycles. The summed E-state index contributed by atoms with van der Waals surface area (Å²) in [5.74, 6) is 0.114.